The van der Waals surface area contributed by atoms with E-state index >= 15 is 0 Å². The Kier molecular flexibility index (Phi) is 9.34. The number of hydrogen-bond donors (Lipinski definition) is 4. The summed E-state index contributed by atoms with van der Waals surface area (Å²) in [6.07, 6.45) is 4.38. The van der Waals surface area contributed by atoms with E-state index in [1.165, 1.54) is 6.20 Å². The molecule has 0 saturated heterocycles. The molecule has 2 aromatic rings. The summed E-state index contributed by atoms with van der Waals surface area (Å²) < 4.78 is 25.1. The first-order valence-corrected chi connectivity index (χ1v) is 11.6. The number of thiol groups is 1. The lowest BCUT2D eigenvalue weighted by atomic mass is 10.0. The Balaban J connectivity index is 2.27. The summed E-state index contributed by atoms with van der Waals surface area (Å²) in [5.41, 5.74) is 2.03. The van der Waals surface area contributed by atoms with E-state index in [4.69, 9.17) is 0 Å². The van der Waals surface area contributed by atoms with Crippen molar-refractivity contribution in [2.45, 2.75) is 53.1 Å². The van der Waals surface area contributed by atoms with Gasteiger partial charge in [0.25, 0.3) is 5.56 Å². The smallest absolute Gasteiger partial charge is 0.328 e. The van der Waals surface area contributed by atoms with Crippen LogP contribution in [0.5, 0.6) is 0 Å². The van der Waals surface area contributed by atoms with Gasteiger partial charge < -0.3 is 5.32 Å². The summed E-state index contributed by atoms with van der Waals surface area (Å²) in [5, 5.41) is 2.91. The molecular formula is C22H29N5O5S. The molecule has 0 aliphatic heterocycles. The Morgan fingerprint density at radius 1 is 1.24 bits per heavy atom. The maximum absolute atomic E-state index is 12.8. The van der Waals surface area contributed by atoms with Crippen LogP contribution in [0.3, 0.4) is 0 Å². The van der Waals surface area contributed by atoms with Crippen LogP contribution in [0.1, 0.15) is 38.3 Å². The second kappa shape index (κ2) is 12.0. The average molecular weight is 476 g/mol. The van der Waals surface area contributed by atoms with E-state index in [1.807, 2.05) is 26.8 Å². The third-order valence-electron chi connectivity index (χ3n) is 4.97. The molecule has 1 aromatic heterocycles. The van der Waals surface area contributed by atoms with Gasteiger partial charge in [-0.25, -0.2) is 13.2 Å². The fourth-order valence-corrected chi connectivity index (χ4v) is 3.50. The Hall–Kier alpha value is -3.47. The first kappa shape index (κ1) is 25.8. The van der Waals surface area contributed by atoms with Gasteiger partial charge in [-0.3, -0.25) is 28.9 Å². The second-order valence-corrected chi connectivity index (χ2v) is 8.21. The van der Waals surface area contributed by atoms with Gasteiger partial charge in [0.1, 0.15) is 6.54 Å². The number of aryl methyl sites for hydroxylation is 1. The minimum Gasteiger partial charge on any atom is -0.346 e. The largest absolute Gasteiger partial charge is 0.346 e. The predicted octanol–water partition coefficient (Wildman–Crippen LogP) is 1.29. The van der Waals surface area contributed by atoms with Crippen molar-refractivity contribution < 1.29 is 13.2 Å². The quantitative estimate of drug-likeness (QED) is 0.302. The van der Waals surface area contributed by atoms with Gasteiger partial charge in [-0.05, 0) is 51.3 Å². The molecule has 0 aliphatic rings. The SMILES string of the molecule is C/C=C(CC)\N=C(/C)[C@H](Cc1ccc(N[SH](=O)=O)cc1)NC(=O)Cn1cc(C)c(=O)[nH]c1=O. The van der Waals surface area contributed by atoms with E-state index in [2.05, 4.69) is 20.0 Å². The zero-order valence-corrected chi connectivity index (χ0v) is 19.9. The number of amides is 1. The molecule has 178 valence electrons. The summed E-state index contributed by atoms with van der Waals surface area (Å²) in [6.45, 7) is 6.98. The minimum absolute atomic E-state index is 0.260. The van der Waals surface area contributed by atoms with Crippen LogP contribution in [0.2, 0.25) is 0 Å². The molecule has 0 radical (unpaired) electrons. The molecule has 1 heterocycles. The highest BCUT2D eigenvalue weighted by Gasteiger charge is 2.18. The molecule has 0 fully saturated rings. The van der Waals surface area contributed by atoms with Crippen molar-refractivity contribution in [3.63, 3.8) is 0 Å². The number of allylic oxidation sites excluding steroid dienone is 2. The number of H-pyrrole nitrogens is 1. The van der Waals surface area contributed by atoms with Crippen molar-refractivity contribution in [1.29, 1.82) is 0 Å². The first-order chi connectivity index (χ1) is 15.6. The van der Waals surface area contributed by atoms with E-state index in [0.29, 0.717) is 23.4 Å². The zero-order valence-electron chi connectivity index (χ0n) is 19.0. The van der Waals surface area contributed by atoms with Gasteiger partial charge in [0.05, 0.1) is 6.04 Å². The van der Waals surface area contributed by atoms with Gasteiger partial charge in [0.2, 0.25) is 16.8 Å². The summed E-state index contributed by atoms with van der Waals surface area (Å²) in [4.78, 5) is 43.1. The second-order valence-electron chi connectivity index (χ2n) is 7.48. The van der Waals surface area contributed by atoms with Crippen LogP contribution in [-0.4, -0.2) is 35.6 Å². The molecule has 0 unspecified atom stereocenters. The van der Waals surface area contributed by atoms with Crippen LogP contribution < -0.4 is 21.3 Å². The molecule has 1 aromatic carbocycles. The normalized spacial score (nSPS) is 13.1. The Labute approximate surface area is 193 Å². The lowest BCUT2D eigenvalue weighted by molar-refractivity contribution is -0.122. The lowest BCUT2D eigenvalue weighted by Crippen LogP contribution is -2.44. The van der Waals surface area contributed by atoms with Gasteiger partial charge in [0.15, 0.2) is 0 Å². The highest BCUT2D eigenvalue weighted by Crippen LogP contribution is 2.13. The van der Waals surface area contributed by atoms with Crippen LogP contribution >= 0.6 is 0 Å². The summed E-state index contributed by atoms with van der Waals surface area (Å²) in [6, 6.07) is 6.34. The highest BCUT2D eigenvalue weighted by atomic mass is 32.2. The Bertz CT molecular complexity index is 1230. The molecule has 11 heteroatoms. The fraction of sp³-hybridized carbons (Fsp3) is 0.364. The van der Waals surface area contributed by atoms with E-state index < -0.39 is 34.1 Å². The number of carbonyl (C=O) groups excluding carboxylic acids is 1. The van der Waals surface area contributed by atoms with E-state index in [0.717, 1.165) is 22.2 Å². The number of aliphatic imine (C=N–C) groups is 1. The molecule has 0 spiro atoms. The maximum atomic E-state index is 12.8. The van der Waals surface area contributed by atoms with Crippen molar-refractivity contribution in [3.8, 4) is 0 Å². The van der Waals surface area contributed by atoms with Crippen molar-refractivity contribution in [2.75, 3.05) is 4.72 Å². The summed E-state index contributed by atoms with van der Waals surface area (Å²) in [7, 11) is -2.75. The fourth-order valence-electron chi connectivity index (χ4n) is 3.14. The van der Waals surface area contributed by atoms with Crippen molar-refractivity contribution >= 4 is 28.2 Å². The van der Waals surface area contributed by atoms with Crippen LogP contribution in [0, 0.1) is 6.92 Å². The first-order valence-electron chi connectivity index (χ1n) is 10.4. The monoisotopic (exact) mass is 475 g/mol. The van der Waals surface area contributed by atoms with Gasteiger partial charge in [-0.1, -0.05) is 25.1 Å². The van der Waals surface area contributed by atoms with Gasteiger partial charge in [-0.2, -0.15) is 0 Å². The molecule has 2 rings (SSSR count). The van der Waals surface area contributed by atoms with Crippen LogP contribution in [0.4, 0.5) is 5.69 Å². The van der Waals surface area contributed by atoms with E-state index in [9.17, 15) is 22.8 Å². The van der Waals surface area contributed by atoms with Gasteiger partial charge in [-0.15, -0.1) is 0 Å². The van der Waals surface area contributed by atoms with Crippen molar-refractivity contribution in [3.05, 3.63) is 74.2 Å². The Morgan fingerprint density at radius 2 is 1.91 bits per heavy atom. The molecule has 3 N–H and O–H groups in total. The lowest BCUT2D eigenvalue weighted by Gasteiger charge is -2.20. The zero-order chi connectivity index (χ0) is 24.5. The summed E-state index contributed by atoms with van der Waals surface area (Å²) in [5.74, 6) is -0.414. The number of nitrogens with one attached hydrogen (secondary N) is 3. The standard InChI is InChI=1S/C22H29N5O5S/c1-5-17(6-2)23-15(4)19(11-16-7-9-18(10-8-16)26-33(31)32)24-20(28)13-27-12-14(3)21(29)25-22(27)30/h5,7-10,12,19,33H,6,11,13H2,1-4H3,(H,24,28)(H,25,29,30)(H,26,31,32)/b17-5-,23-15+/t19-/m0/s1. The van der Waals surface area contributed by atoms with Gasteiger partial charge in [0, 0.05) is 28.9 Å². The maximum Gasteiger partial charge on any atom is 0.328 e. The van der Waals surface area contributed by atoms with Crippen LogP contribution in [-0.2, 0) is 28.7 Å². The number of carbonyl (C=O) groups is 1. The van der Waals surface area contributed by atoms with Crippen molar-refractivity contribution in [1.82, 2.24) is 14.9 Å². The Morgan fingerprint density at radius 3 is 2.48 bits per heavy atom. The van der Waals surface area contributed by atoms with Gasteiger partial charge >= 0.3 is 5.69 Å². The van der Waals surface area contributed by atoms with Crippen LogP contribution in [0.15, 0.2) is 56.8 Å². The van der Waals surface area contributed by atoms with Crippen molar-refractivity contribution in [2.24, 2.45) is 4.99 Å². The molecule has 1 amide bonds. The third kappa shape index (κ3) is 7.86. The number of anilines is 1. The number of nitrogens with zero attached hydrogens (tertiary/aromatic N) is 2. The molecule has 33 heavy (non-hydrogen) atoms. The number of benzene rings is 1. The molecular weight excluding hydrogens is 446 g/mol. The number of aromatic nitrogens is 2. The van der Waals surface area contributed by atoms with E-state index in [1.54, 1.807) is 31.2 Å². The molecule has 10 nitrogen and oxygen atoms in total. The topological polar surface area (TPSA) is 142 Å². The minimum atomic E-state index is -2.75. The number of aromatic amines is 1. The van der Waals surface area contributed by atoms with E-state index in [-0.39, 0.29) is 6.54 Å². The summed E-state index contributed by atoms with van der Waals surface area (Å²) >= 11 is 0. The molecule has 0 bridgehead atoms. The number of hydrogen-bond acceptors (Lipinski definition) is 6. The molecule has 0 saturated carbocycles. The average Bonchev–Trinajstić information content (AvgIpc) is 2.76. The number of rotatable bonds is 10. The molecule has 1 atom stereocenters. The molecule has 0 aliphatic carbocycles. The third-order valence-corrected chi connectivity index (χ3v) is 5.41. The van der Waals surface area contributed by atoms with Crippen LogP contribution in [0.25, 0.3) is 0 Å². The predicted molar refractivity (Wildman–Crippen MR) is 129 cm³/mol. The highest BCUT2D eigenvalue weighted by molar-refractivity contribution is 7.73.